The minimum absolute atomic E-state index is 0.00682. The molecule has 2 aliphatic rings. The number of rotatable bonds is 12. The number of amides is 2. The highest BCUT2D eigenvalue weighted by Gasteiger charge is 2.41. The summed E-state index contributed by atoms with van der Waals surface area (Å²) in [6, 6.07) is 4.84. The predicted molar refractivity (Wildman–Crippen MR) is 144 cm³/mol. The smallest absolute Gasteiger partial charge is 0.353 e. The van der Waals surface area contributed by atoms with Gasteiger partial charge in [-0.05, 0) is 62.5 Å². The molecule has 1 saturated carbocycles. The molecule has 0 spiro atoms. The number of carbonyl (C=O) groups excluding carboxylic acids is 2. The van der Waals surface area contributed by atoms with E-state index >= 15 is 0 Å². The average molecular weight is 540 g/mol. The number of thioether (sulfide) groups is 1. The van der Waals surface area contributed by atoms with Crippen molar-refractivity contribution in [2.24, 2.45) is 0 Å². The van der Waals surface area contributed by atoms with E-state index in [0.29, 0.717) is 17.0 Å². The minimum atomic E-state index is -4.40. The maximum Gasteiger partial charge on any atom is 0.416 e. The van der Waals surface area contributed by atoms with E-state index in [2.05, 4.69) is 24.1 Å². The van der Waals surface area contributed by atoms with Gasteiger partial charge < -0.3 is 15.1 Å². The zero-order valence-corrected chi connectivity index (χ0v) is 22.8. The lowest BCUT2D eigenvalue weighted by molar-refractivity contribution is -0.137. The Bertz CT molecular complexity index is 912. The van der Waals surface area contributed by atoms with Crippen molar-refractivity contribution in [3.63, 3.8) is 0 Å². The van der Waals surface area contributed by atoms with Gasteiger partial charge in [-0.1, -0.05) is 51.7 Å². The number of nitrogens with zero attached hydrogens (tertiary/aromatic N) is 2. The van der Waals surface area contributed by atoms with Crippen molar-refractivity contribution in [2.45, 2.75) is 82.7 Å². The van der Waals surface area contributed by atoms with Crippen LogP contribution in [-0.2, 0) is 15.8 Å². The molecule has 206 valence electrons. The van der Waals surface area contributed by atoms with Gasteiger partial charge in [0.2, 0.25) is 5.91 Å². The van der Waals surface area contributed by atoms with Crippen LogP contribution < -0.4 is 5.32 Å². The number of hydrogen-bond acceptors (Lipinski definition) is 4. The van der Waals surface area contributed by atoms with E-state index < -0.39 is 11.7 Å². The summed E-state index contributed by atoms with van der Waals surface area (Å²) >= 11 is 1.51. The monoisotopic (exact) mass is 539 g/mol. The summed E-state index contributed by atoms with van der Waals surface area (Å²) < 4.78 is 38.8. The van der Waals surface area contributed by atoms with E-state index in [4.69, 9.17) is 0 Å². The van der Waals surface area contributed by atoms with Gasteiger partial charge in [-0.3, -0.25) is 9.59 Å². The summed E-state index contributed by atoms with van der Waals surface area (Å²) in [5.74, 6) is -0.375. The second kappa shape index (κ2) is 14.2. The van der Waals surface area contributed by atoms with Crippen LogP contribution >= 0.6 is 11.8 Å². The molecule has 1 aliphatic heterocycles. The largest absolute Gasteiger partial charge is 0.416 e. The SMILES string of the molecule is CCCCN(CCCC)CCNC(=O)CN1C(=O)/C(=C/c2ccc(C(F)(F)F)cc2)SC2CCCCC21. The Balaban J connectivity index is 1.65. The van der Waals surface area contributed by atoms with Gasteiger partial charge in [0.15, 0.2) is 0 Å². The van der Waals surface area contributed by atoms with E-state index in [0.717, 1.165) is 83.1 Å². The van der Waals surface area contributed by atoms with E-state index in [1.807, 2.05) is 0 Å². The van der Waals surface area contributed by atoms with Crippen LogP contribution in [0.15, 0.2) is 29.2 Å². The highest BCUT2D eigenvalue weighted by atomic mass is 32.2. The highest BCUT2D eigenvalue weighted by Crippen LogP contribution is 2.42. The third kappa shape index (κ3) is 8.77. The van der Waals surface area contributed by atoms with Gasteiger partial charge in [0.05, 0.1) is 10.5 Å². The van der Waals surface area contributed by atoms with Crippen LogP contribution in [0.25, 0.3) is 6.08 Å². The maximum absolute atomic E-state index is 13.4. The van der Waals surface area contributed by atoms with Crippen LogP contribution in [0.2, 0.25) is 0 Å². The molecular weight excluding hydrogens is 499 g/mol. The summed E-state index contributed by atoms with van der Waals surface area (Å²) in [7, 11) is 0. The van der Waals surface area contributed by atoms with Crippen LogP contribution in [0, 0.1) is 0 Å². The Morgan fingerprint density at radius 1 is 1.08 bits per heavy atom. The van der Waals surface area contributed by atoms with Crippen LogP contribution in [-0.4, -0.2) is 65.6 Å². The fourth-order valence-corrected chi connectivity index (χ4v) is 6.42. The molecule has 2 unspecified atom stereocenters. The second-order valence-corrected chi connectivity index (χ2v) is 11.2. The molecular formula is C28H40F3N3O2S. The molecule has 1 aliphatic carbocycles. The van der Waals surface area contributed by atoms with E-state index in [1.165, 1.54) is 23.9 Å². The Morgan fingerprint density at radius 3 is 2.35 bits per heavy atom. The number of hydrogen-bond donors (Lipinski definition) is 1. The van der Waals surface area contributed by atoms with Crippen molar-refractivity contribution in [1.29, 1.82) is 0 Å². The number of halogens is 3. The van der Waals surface area contributed by atoms with Crippen molar-refractivity contribution in [1.82, 2.24) is 15.1 Å². The molecule has 5 nitrogen and oxygen atoms in total. The molecule has 1 aromatic carbocycles. The van der Waals surface area contributed by atoms with E-state index in [9.17, 15) is 22.8 Å². The summed E-state index contributed by atoms with van der Waals surface area (Å²) in [4.78, 5) is 30.9. The molecule has 1 N–H and O–H groups in total. The first-order valence-electron chi connectivity index (χ1n) is 13.6. The molecule has 0 aromatic heterocycles. The molecule has 37 heavy (non-hydrogen) atoms. The lowest BCUT2D eigenvalue weighted by Crippen LogP contribution is -2.54. The summed E-state index contributed by atoms with van der Waals surface area (Å²) in [5.41, 5.74) is -0.173. The quantitative estimate of drug-likeness (QED) is 0.334. The van der Waals surface area contributed by atoms with Crippen LogP contribution in [0.3, 0.4) is 0 Å². The number of nitrogens with one attached hydrogen (secondary N) is 1. The van der Waals surface area contributed by atoms with Gasteiger partial charge >= 0.3 is 6.18 Å². The van der Waals surface area contributed by atoms with Gasteiger partial charge in [-0.2, -0.15) is 13.2 Å². The number of benzene rings is 1. The second-order valence-electron chi connectivity index (χ2n) is 9.97. The van der Waals surface area contributed by atoms with Crippen LogP contribution in [0.4, 0.5) is 13.2 Å². The van der Waals surface area contributed by atoms with Crippen molar-refractivity contribution >= 4 is 29.7 Å². The zero-order chi connectivity index (χ0) is 26.8. The Morgan fingerprint density at radius 2 is 1.73 bits per heavy atom. The summed E-state index contributed by atoms with van der Waals surface area (Å²) in [5, 5.41) is 3.20. The number of fused-ring (bicyclic) bond motifs is 1. The third-order valence-corrected chi connectivity index (χ3v) is 8.47. The van der Waals surface area contributed by atoms with Crippen molar-refractivity contribution in [2.75, 3.05) is 32.7 Å². The molecule has 0 bridgehead atoms. The normalized spacial score (nSPS) is 21.4. The van der Waals surface area contributed by atoms with Crippen LogP contribution in [0.1, 0.15) is 76.3 Å². The highest BCUT2D eigenvalue weighted by molar-refractivity contribution is 8.04. The zero-order valence-electron chi connectivity index (χ0n) is 22.0. The number of alkyl halides is 3. The maximum atomic E-state index is 13.4. The standard InChI is InChI=1S/C28H40F3N3O2S/c1-3-5-16-33(17-6-4-2)18-15-32-26(35)20-34-23-9-7-8-10-24(23)37-25(27(34)36)19-21-11-13-22(14-12-21)28(29,30)31/h11-14,19,23-24H,3-10,15-18,20H2,1-2H3,(H,32,35)/b25-19-. The van der Waals surface area contributed by atoms with Gasteiger partial charge in [0, 0.05) is 24.4 Å². The van der Waals surface area contributed by atoms with Gasteiger partial charge in [0.1, 0.15) is 6.54 Å². The van der Waals surface area contributed by atoms with Gasteiger partial charge in [0.25, 0.3) is 5.91 Å². The lowest BCUT2D eigenvalue weighted by Gasteiger charge is -2.43. The fourth-order valence-electron chi connectivity index (χ4n) is 4.94. The molecule has 2 amide bonds. The van der Waals surface area contributed by atoms with E-state index in [1.54, 1.807) is 11.0 Å². The molecule has 2 atom stereocenters. The first kappa shape index (κ1) is 29.6. The molecule has 1 aromatic rings. The topological polar surface area (TPSA) is 52.7 Å². The van der Waals surface area contributed by atoms with Crippen LogP contribution in [0.5, 0.6) is 0 Å². The average Bonchev–Trinajstić information content (AvgIpc) is 2.87. The van der Waals surface area contributed by atoms with E-state index in [-0.39, 0.29) is 29.7 Å². The predicted octanol–water partition coefficient (Wildman–Crippen LogP) is 5.95. The third-order valence-electron chi connectivity index (χ3n) is 7.07. The Labute approximate surface area is 223 Å². The van der Waals surface area contributed by atoms with Crippen molar-refractivity contribution < 1.29 is 22.8 Å². The number of unbranched alkanes of at least 4 members (excludes halogenated alkanes) is 2. The number of carbonyl (C=O) groups is 2. The molecule has 1 heterocycles. The van der Waals surface area contributed by atoms with Gasteiger partial charge in [-0.25, -0.2) is 0 Å². The molecule has 0 radical (unpaired) electrons. The molecule has 2 fully saturated rings. The van der Waals surface area contributed by atoms with Crippen molar-refractivity contribution in [3.8, 4) is 0 Å². The minimum Gasteiger partial charge on any atom is -0.353 e. The Kier molecular flexibility index (Phi) is 11.4. The Hall–Kier alpha value is -2.00. The molecule has 1 saturated heterocycles. The first-order valence-corrected chi connectivity index (χ1v) is 14.5. The van der Waals surface area contributed by atoms with Crippen molar-refractivity contribution in [3.05, 3.63) is 40.3 Å². The molecule has 9 heteroatoms. The van der Waals surface area contributed by atoms with Gasteiger partial charge in [-0.15, -0.1) is 11.8 Å². The summed E-state index contributed by atoms with van der Waals surface area (Å²) in [6.45, 7) is 7.74. The first-order chi connectivity index (χ1) is 17.7. The fraction of sp³-hybridized carbons (Fsp3) is 0.643. The lowest BCUT2D eigenvalue weighted by atomic mass is 9.93. The summed E-state index contributed by atoms with van der Waals surface area (Å²) in [6.07, 6.45) is 5.70. The molecule has 3 rings (SSSR count).